The van der Waals surface area contributed by atoms with Crippen molar-refractivity contribution in [2.75, 3.05) is 19.6 Å². The molecule has 3 heteroatoms. The lowest BCUT2D eigenvalue weighted by Gasteiger charge is -2.45. The van der Waals surface area contributed by atoms with Crippen LogP contribution in [-0.4, -0.2) is 30.1 Å². The Morgan fingerprint density at radius 1 is 1.28 bits per heavy atom. The molecular formula is C15H28N2S. The molecule has 0 radical (unpaired) electrons. The molecule has 18 heavy (non-hydrogen) atoms. The highest BCUT2D eigenvalue weighted by Gasteiger charge is 2.37. The molecule has 2 nitrogen and oxygen atoms in total. The largest absolute Gasteiger partial charge is 0.308 e. The Morgan fingerprint density at radius 2 is 1.94 bits per heavy atom. The Hall–Kier alpha value is -0.380. The molecule has 1 rings (SSSR count). The Morgan fingerprint density at radius 3 is 2.33 bits per heavy atom. The topological polar surface area (TPSA) is 15.3 Å². The maximum absolute atomic E-state index is 3.69. The molecule has 0 saturated carbocycles. The van der Waals surface area contributed by atoms with Gasteiger partial charge < -0.3 is 5.32 Å². The number of rotatable bonds is 8. The zero-order chi connectivity index (χ0) is 13.6. The molecule has 0 aromatic carbocycles. The predicted molar refractivity (Wildman–Crippen MR) is 82.4 cm³/mol. The first-order chi connectivity index (χ1) is 8.63. The van der Waals surface area contributed by atoms with Gasteiger partial charge in [-0.05, 0) is 44.4 Å². The monoisotopic (exact) mass is 268 g/mol. The van der Waals surface area contributed by atoms with Gasteiger partial charge in [0.25, 0.3) is 0 Å². The van der Waals surface area contributed by atoms with E-state index in [1.807, 2.05) is 11.3 Å². The first-order valence-corrected chi connectivity index (χ1v) is 8.03. The highest BCUT2D eigenvalue weighted by molar-refractivity contribution is 7.10. The number of likely N-dealkylation sites (N-methyl/N-ethyl adjacent to an activating group) is 2. The van der Waals surface area contributed by atoms with Crippen molar-refractivity contribution in [3.63, 3.8) is 0 Å². The van der Waals surface area contributed by atoms with E-state index in [1.54, 1.807) is 0 Å². The molecule has 2 unspecified atom stereocenters. The minimum atomic E-state index is 0.185. The van der Waals surface area contributed by atoms with Crippen LogP contribution < -0.4 is 5.32 Å². The van der Waals surface area contributed by atoms with E-state index in [1.165, 1.54) is 4.88 Å². The molecular weight excluding hydrogens is 240 g/mol. The average molecular weight is 268 g/mol. The second kappa shape index (κ2) is 7.27. The molecule has 1 aromatic heterocycles. The molecule has 0 amide bonds. The predicted octanol–water partition coefficient (Wildman–Crippen LogP) is 3.91. The van der Waals surface area contributed by atoms with E-state index in [-0.39, 0.29) is 5.54 Å². The summed E-state index contributed by atoms with van der Waals surface area (Å²) in [5.74, 6) is 0. The summed E-state index contributed by atoms with van der Waals surface area (Å²) in [5, 5.41) is 5.87. The average Bonchev–Trinajstić information content (AvgIpc) is 2.90. The zero-order valence-corrected chi connectivity index (χ0v) is 13.3. The van der Waals surface area contributed by atoms with Crippen LogP contribution in [0.25, 0.3) is 0 Å². The number of nitrogens with one attached hydrogen (secondary N) is 1. The molecule has 0 aliphatic carbocycles. The van der Waals surface area contributed by atoms with Crippen LogP contribution in [0.1, 0.15) is 52.0 Å². The van der Waals surface area contributed by atoms with Gasteiger partial charge in [0.05, 0.1) is 6.04 Å². The van der Waals surface area contributed by atoms with Crippen LogP contribution in [0.3, 0.4) is 0 Å². The van der Waals surface area contributed by atoms with Crippen molar-refractivity contribution in [2.24, 2.45) is 0 Å². The highest BCUT2D eigenvalue weighted by Crippen LogP contribution is 2.36. The quantitative estimate of drug-likeness (QED) is 0.769. The standard InChI is InChI=1S/C15H28N2S/c1-6-15(5,17(8-3)9-4)14(16-7-2)13-11-10-12-18-13/h10-12,14,16H,6-9H2,1-5H3. The van der Waals surface area contributed by atoms with Crippen LogP contribution in [0.2, 0.25) is 0 Å². The van der Waals surface area contributed by atoms with Gasteiger partial charge in [0, 0.05) is 10.4 Å². The second-order valence-corrected chi connectivity index (χ2v) is 5.87. The number of thiophene rings is 1. The van der Waals surface area contributed by atoms with Gasteiger partial charge in [-0.2, -0.15) is 0 Å². The van der Waals surface area contributed by atoms with Crippen molar-refractivity contribution < 1.29 is 0 Å². The summed E-state index contributed by atoms with van der Waals surface area (Å²) < 4.78 is 0. The summed E-state index contributed by atoms with van der Waals surface area (Å²) in [6, 6.07) is 4.84. The smallest absolute Gasteiger partial charge is 0.0598 e. The van der Waals surface area contributed by atoms with Crippen molar-refractivity contribution in [2.45, 2.75) is 52.6 Å². The lowest BCUT2D eigenvalue weighted by Crippen LogP contribution is -2.54. The third-order valence-corrected chi connectivity index (χ3v) is 5.00. The van der Waals surface area contributed by atoms with Crippen LogP contribution in [-0.2, 0) is 0 Å². The fourth-order valence-electron chi connectivity index (χ4n) is 2.84. The minimum Gasteiger partial charge on any atom is -0.308 e. The van der Waals surface area contributed by atoms with Crippen molar-refractivity contribution in [1.29, 1.82) is 0 Å². The van der Waals surface area contributed by atoms with E-state index in [9.17, 15) is 0 Å². The van der Waals surface area contributed by atoms with E-state index in [2.05, 4.69) is 62.3 Å². The molecule has 0 bridgehead atoms. The van der Waals surface area contributed by atoms with Gasteiger partial charge in [-0.25, -0.2) is 0 Å². The normalized spacial score (nSPS) is 16.8. The molecule has 0 spiro atoms. The fraction of sp³-hybridized carbons (Fsp3) is 0.733. The molecule has 2 atom stereocenters. The molecule has 0 fully saturated rings. The van der Waals surface area contributed by atoms with E-state index in [0.29, 0.717) is 6.04 Å². The van der Waals surface area contributed by atoms with Crippen molar-refractivity contribution >= 4 is 11.3 Å². The summed E-state index contributed by atoms with van der Waals surface area (Å²) >= 11 is 1.86. The summed E-state index contributed by atoms with van der Waals surface area (Å²) in [4.78, 5) is 4.04. The zero-order valence-electron chi connectivity index (χ0n) is 12.5. The van der Waals surface area contributed by atoms with Gasteiger partial charge in [0.2, 0.25) is 0 Å². The van der Waals surface area contributed by atoms with Crippen molar-refractivity contribution in [3.05, 3.63) is 22.4 Å². The van der Waals surface area contributed by atoms with E-state index in [4.69, 9.17) is 0 Å². The van der Waals surface area contributed by atoms with E-state index < -0.39 is 0 Å². The lowest BCUT2D eigenvalue weighted by atomic mass is 9.86. The maximum Gasteiger partial charge on any atom is 0.0598 e. The third kappa shape index (κ3) is 3.14. The Bertz CT molecular complexity index is 319. The summed E-state index contributed by atoms with van der Waals surface area (Å²) in [7, 11) is 0. The van der Waals surface area contributed by atoms with Crippen molar-refractivity contribution in [3.8, 4) is 0 Å². The van der Waals surface area contributed by atoms with Gasteiger partial charge in [-0.1, -0.05) is 33.8 Å². The molecule has 104 valence electrons. The molecule has 0 saturated heterocycles. The Labute approximate surface area is 116 Å². The van der Waals surface area contributed by atoms with E-state index >= 15 is 0 Å². The maximum atomic E-state index is 3.69. The summed E-state index contributed by atoms with van der Waals surface area (Å²) in [6.07, 6.45) is 1.16. The van der Waals surface area contributed by atoms with Gasteiger partial charge in [0.15, 0.2) is 0 Å². The first kappa shape index (κ1) is 15.7. The molecule has 1 N–H and O–H groups in total. The van der Waals surface area contributed by atoms with E-state index in [0.717, 1.165) is 26.1 Å². The first-order valence-electron chi connectivity index (χ1n) is 7.15. The van der Waals surface area contributed by atoms with Crippen molar-refractivity contribution in [1.82, 2.24) is 10.2 Å². The van der Waals surface area contributed by atoms with Crippen LogP contribution in [0.4, 0.5) is 0 Å². The second-order valence-electron chi connectivity index (χ2n) is 4.89. The van der Waals surface area contributed by atoms with Gasteiger partial charge in [0.1, 0.15) is 0 Å². The van der Waals surface area contributed by atoms with Crippen LogP contribution in [0, 0.1) is 0 Å². The van der Waals surface area contributed by atoms with Crippen LogP contribution in [0.5, 0.6) is 0 Å². The number of hydrogen-bond donors (Lipinski definition) is 1. The van der Waals surface area contributed by atoms with Gasteiger partial charge in [-0.15, -0.1) is 11.3 Å². The summed E-state index contributed by atoms with van der Waals surface area (Å²) in [6.45, 7) is 14.6. The molecule has 0 aliphatic rings. The lowest BCUT2D eigenvalue weighted by molar-refractivity contribution is 0.0717. The van der Waals surface area contributed by atoms with Gasteiger partial charge in [-0.3, -0.25) is 4.90 Å². The fourth-order valence-corrected chi connectivity index (χ4v) is 3.79. The molecule has 1 heterocycles. The van der Waals surface area contributed by atoms with Crippen LogP contribution in [0.15, 0.2) is 17.5 Å². The third-order valence-electron chi connectivity index (χ3n) is 4.06. The SMILES string of the molecule is CCNC(c1cccs1)C(C)(CC)N(CC)CC. The Balaban J connectivity index is 3.07. The Kier molecular flexibility index (Phi) is 6.33. The number of nitrogens with zero attached hydrogens (tertiary/aromatic N) is 1. The minimum absolute atomic E-state index is 0.185. The number of hydrogen-bond acceptors (Lipinski definition) is 3. The molecule has 1 aromatic rings. The van der Waals surface area contributed by atoms with Crippen LogP contribution >= 0.6 is 11.3 Å². The highest BCUT2D eigenvalue weighted by atomic mass is 32.1. The summed E-state index contributed by atoms with van der Waals surface area (Å²) in [5.41, 5.74) is 0.185. The van der Waals surface area contributed by atoms with Gasteiger partial charge >= 0.3 is 0 Å². The molecule has 0 aliphatic heterocycles.